The van der Waals surface area contributed by atoms with Gasteiger partial charge >= 0.3 is 5.69 Å². The van der Waals surface area contributed by atoms with E-state index in [0.717, 1.165) is 12.1 Å². The van der Waals surface area contributed by atoms with Crippen molar-refractivity contribution >= 4 is 5.82 Å². The first-order valence-corrected chi connectivity index (χ1v) is 10.3. The van der Waals surface area contributed by atoms with Crippen LogP contribution in [0.3, 0.4) is 0 Å². The predicted molar refractivity (Wildman–Crippen MR) is 104 cm³/mol. The molecule has 166 valence electrons. The molecular weight excluding hydrogens is 415 g/mol. The standard InChI is InChI=1S/C21H22F3N3O4/c22-4-3-21(1-2-21)31-19-15(23)7-13(8-16(19)24)11-30-17-9-18-26-5-6-29-12-14(26)10-27(18)20(28)25-17/h7-9,14H,1-6,10-12H2. The second-order valence-electron chi connectivity index (χ2n) is 8.17. The molecule has 0 radical (unpaired) electrons. The summed E-state index contributed by atoms with van der Waals surface area (Å²) in [4.78, 5) is 18.4. The maximum atomic E-state index is 14.5. The SMILES string of the molecule is O=c1nc(OCc2cc(F)c(OC3(CCF)CC3)c(F)c2)cc2n1CC1COCCN21. The van der Waals surface area contributed by atoms with Gasteiger partial charge in [0.2, 0.25) is 5.88 Å². The monoisotopic (exact) mass is 437 g/mol. The highest BCUT2D eigenvalue weighted by molar-refractivity contribution is 5.47. The molecule has 1 unspecified atom stereocenters. The Morgan fingerprint density at radius 3 is 2.71 bits per heavy atom. The molecule has 31 heavy (non-hydrogen) atoms. The van der Waals surface area contributed by atoms with Gasteiger partial charge in [0.15, 0.2) is 17.4 Å². The van der Waals surface area contributed by atoms with Gasteiger partial charge in [-0.25, -0.2) is 13.6 Å². The second-order valence-corrected chi connectivity index (χ2v) is 8.17. The Morgan fingerprint density at radius 2 is 2.00 bits per heavy atom. The first-order chi connectivity index (χ1) is 15.0. The van der Waals surface area contributed by atoms with Crippen LogP contribution in [0.4, 0.5) is 19.0 Å². The summed E-state index contributed by atoms with van der Waals surface area (Å²) in [7, 11) is 0. The molecule has 2 fully saturated rings. The van der Waals surface area contributed by atoms with E-state index < -0.39 is 35.3 Å². The van der Waals surface area contributed by atoms with Crippen LogP contribution < -0.4 is 20.1 Å². The third-order valence-corrected chi connectivity index (χ3v) is 6.00. The number of alkyl halides is 1. The highest BCUT2D eigenvalue weighted by Crippen LogP contribution is 2.44. The Kier molecular flexibility index (Phi) is 5.04. The molecule has 3 heterocycles. The number of anilines is 1. The third-order valence-electron chi connectivity index (χ3n) is 6.00. The maximum Gasteiger partial charge on any atom is 0.352 e. The van der Waals surface area contributed by atoms with Crippen molar-refractivity contribution in [3.63, 3.8) is 0 Å². The Morgan fingerprint density at radius 1 is 1.23 bits per heavy atom. The lowest BCUT2D eigenvalue weighted by Crippen LogP contribution is -2.43. The average molecular weight is 437 g/mol. The molecule has 1 saturated carbocycles. The van der Waals surface area contributed by atoms with Crippen LogP contribution in [0.2, 0.25) is 0 Å². The maximum absolute atomic E-state index is 14.5. The molecule has 1 aliphatic carbocycles. The van der Waals surface area contributed by atoms with Gasteiger partial charge in [0.1, 0.15) is 18.0 Å². The molecular formula is C21H22F3N3O4. The normalized spacial score (nSPS) is 20.9. The van der Waals surface area contributed by atoms with Crippen molar-refractivity contribution in [1.82, 2.24) is 9.55 Å². The number of hydrogen-bond acceptors (Lipinski definition) is 6. The summed E-state index contributed by atoms with van der Waals surface area (Å²) in [6.45, 7) is 1.50. The fourth-order valence-corrected chi connectivity index (χ4v) is 4.16. The average Bonchev–Trinajstić information content (AvgIpc) is 3.40. The molecule has 1 aromatic heterocycles. The lowest BCUT2D eigenvalue weighted by atomic mass is 10.2. The van der Waals surface area contributed by atoms with E-state index in [1.54, 1.807) is 10.6 Å². The quantitative estimate of drug-likeness (QED) is 0.664. The van der Waals surface area contributed by atoms with Crippen LogP contribution in [-0.2, 0) is 17.9 Å². The van der Waals surface area contributed by atoms with Crippen molar-refractivity contribution < 1.29 is 27.4 Å². The Hall–Kier alpha value is -2.75. The molecule has 2 aliphatic heterocycles. The van der Waals surface area contributed by atoms with Gasteiger partial charge in [-0.1, -0.05) is 0 Å². The van der Waals surface area contributed by atoms with Crippen molar-refractivity contribution in [3.8, 4) is 11.6 Å². The molecule has 5 rings (SSSR count). The molecule has 0 N–H and O–H groups in total. The highest BCUT2D eigenvalue weighted by atomic mass is 19.1. The number of benzene rings is 1. The molecule has 1 aromatic carbocycles. The minimum atomic E-state index is -0.873. The Labute approximate surface area is 176 Å². The molecule has 0 spiro atoms. The molecule has 0 bridgehead atoms. The van der Waals surface area contributed by atoms with Gasteiger partial charge in [-0.05, 0) is 30.5 Å². The van der Waals surface area contributed by atoms with Crippen LogP contribution >= 0.6 is 0 Å². The zero-order valence-corrected chi connectivity index (χ0v) is 16.8. The number of ether oxygens (including phenoxy) is 3. The lowest BCUT2D eigenvalue weighted by Gasteiger charge is -2.30. The number of halogens is 3. The van der Waals surface area contributed by atoms with Crippen molar-refractivity contribution in [3.05, 3.63) is 45.9 Å². The largest absolute Gasteiger partial charge is 0.481 e. The molecule has 0 amide bonds. The summed E-state index contributed by atoms with van der Waals surface area (Å²) < 4.78 is 59.6. The summed E-state index contributed by atoms with van der Waals surface area (Å²) in [5, 5.41) is 0. The lowest BCUT2D eigenvalue weighted by molar-refractivity contribution is 0.0956. The molecule has 10 heteroatoms. The van der Waals surface area contributed by atoms with E-state index >= 15 is 0 Å². The molecule has 3 aliphatic rings. The highest BCUT2D eigenvalue weighted by Gasteiger charge is 2.46. The molecule has 1 saturated heterocycles. The molecule has 7 nitrogen and oxygen atoms in total. The predicted octanol–water partition coefficient (Wildman–Crippen LogP) is 2.59. The van der Waals surface area contributed by atoms with E-state index in [1.807, 2.05) is 0 Å². The summed E-state index contributed by atoms with van der Waals surface area (Å²) in [5.41, 5.74) is -1.02. The topological polar surface area (TPSA) is 65.8 Å². The summed E-state index contributed by atoms with van der Waals surface area (Å²) >= 11 is 0. The van der Waals surface area contributed by atoms with Crippen LogP contribution in [0, 0.1) is 11.6 Å². The van der Waals surface area contributed by atoms with E-state index in [1.165, 1.54) is 0 Å². The van der Waals surface area contributed by atoms with Gasteiger partial charge in [-0.3, -0.25) is 8.96 Å². The van der Waals surface area contributed by atoms with E-state index in [4.69, 9.17) is 14.2 Å². The second kappa shape index (κ2) is 7.74. The zero-order chi connectivity index (χ0) is 21.6. The van der Waals surface area contributed by atoms with Crippen molar-refractivity contribution in [2.75, 3.05) is 31.3 Å². The number of morpholine rings is 1. The van der Waals surface area contributed by atoms with Crippen molar-refractivity contribution in [2.45, 2.75) is 44.1 Å². The van der Waals surface area contributed by atoms with E-state index in [9.17, 15) is 18.0 Å². The van der Waals surface area contributed by atoms with Crippen LogP contribution in [-0.4, -0.2) is 47.6 Å². The van der Waals surface area contributed by atoms with Crippen LogP contribution in [0.5, 0.6) is 11.6 Å². The smallest absolute Gasteiger partial charge is 0.352 e. The van der Waals surface area contributed by atoms with E-state index in [2.05, 4.69) is 9.88 Å². The van der Waals surface area contributed by atoms with Gasteiger partial charge in [0.05, 0.1) is 32.5 Å². The first kappa shape index (κ1) is 20.2. The Bertz CT molecular complexity index is 1030. The van der Waals surface area contributed by atoms with Crippen molar-refractivity contribution in [1.29, 1.82) is 0 Å². The van der Waals surface area contributed by atoms with Crippen LogP contribution in [0.25, 0.3) is 0 Å². The summed E-state index contributed by atoms with van der Waals surface area (Å²) in [5.74, 6) is -1.46. The number of nitrogens with zero attached hydrogens (tertiary/aromatic N) is 3. The third kappa shape index (κ3) is 3.84. The van der Waals surface area contributed by atoms with Crippen LogP contribution in [0.1, 0.15) is 24.8 Å². The fraction of sp³-hybridized carbons (Fsp3) is 0.524. The number of rotatable bonds is 7. The van der Waals surface area contributed by atoms with Gasteiger partial charge in [-0.2, -0.15) is 4.98 Å². The van der Waals surface area contributed by atoms with Crippen molar-refractivity contribution in [2.24, 2.45) is 0 Å². The van der Waals surface area contributed by atoms with Crippen LogP contribution in [0.15, 0.2) is 23.0 Å². The zero-order valence-electron chi connectivity index (χ0n) is 16.8. The van der Waals surface area contributed by atoms with Gasteiger partial charge in [0, 0.05) is 19.0 Å². The van der Waals surface area contributed by atoms with Gasteiger partial charge < -0.3 is 19.1 Å². The first-order valence-electron chi connectivity index (χ1n) is 10.3. The summed E-state index contributed by atoms with van der Waals surface area (Å²) in [6.07, 6.45) is 1.26. The molecule has 1 atom stereocenters. The fourth-order valence-electron chi connectivity index (χ4n) is 4.16. The number of aromatic nitrogens is 2. The Balaban J connectivity index is 1.31. The minimum absolute atomic E-state index is 0.0846. The minimum Gasteiger partial charge on any atom is -0.481 e. The van der Waals surface area contributed by atoms with Gasteiger partial charge in [-0.15, -0.1) is 0 Å². The number of fused-ring (bicyclic) bond motifs is 3. The summed E-state index contributed by atoms with van der Waals surface area (Å²) in [6, 6.07) is 3.97. The van der Waals surface area contributed by atoms with E-state index in [-0.39, 0.29) is 30.5 Å². The number of hydrogen-bond donors (Lipinski definition) is 0. The van der Waals surface area contributed by atoms with Gasteiger partial charge in [0.25, 0.3) is 0 Å². The van der Waals surface area contributed by atoms with E-state index in [0.29, 0.717) is 45.0 Å². The molecule has 2 aromatic rings.